The van der Waals surface area contributed by atoms with E-state index in [1.807, 2.05) is 0 Å². The minimum absolute atomic E-state index is 0.145. The van der Waals surface area contributed by atoms with Crippen molar-refractivity contribution in [3.05, 3.63) is 11.7 Å². The van der Waals surface area contributed by atoms with Crippen molar-refractivity contribution < 1.29 is 19.2 Å². The number of aromatic nitrogens is 2. The first kappa shape index (κ1) is 13.5. The van der Waals surface area contributed by atoms with E-state index in [1.165, 1.54) is 0 Å². The van der Waals surface area contributed by atoms with Crippen LogP contribution in [0.4, 0.5) is 0 Å². The van der Waals surface area contributed by atoms with Gasteiger partial charge in [-0.05, 0) is 31.6 Å². The van der Waals surface area contributed by atoms with Gasteiger partial charge in [0.25, 0.3) is 0 Å². The van der Waals surface area contributed by atoms with E-state index in [9.17, 15) is 9.90 Å². The summed E-state index contributed by atoms with van der Waals surface area (Å²) in [4.78, 5) is 15.7. The van der Waals surface area contributed by atoms with Gasteiger partial charge in [-0.2, -0.15) is 4.98 Å². The van der Waals surface area contributed by atoms with Gasteiger partial charge in [-0.25, -0.2) is 0 Å². The predicted molar refractivity (Wildman–Crippen MR) is 69.2 cm³/mol. The topological polar surface area (TPSA) is 85.5 Å². The lowest BCUT2D eigenvalue weighted by Gasteiger charge is -2.10. The lowest BCUT2D eigenvalue weighted by atomic mass is 9.96. The Morgan fingerprint density at radius 2 is 2.30 bits per heavy atom. The predicted octanol–water partition coefficient (Wildman–Crippen LogP) is 2.01. The number of ether oxygens (including phenoxy) is 1. The van der Waals surface area contributed by atoms with E-state index in [0.29, 0.717) is 30.5 Å². The Morgan fingerprint density at radius 3 is 3.00 bits per heavy atom. The summed E-state index contributed by atoms with van der Waals surface area (Å²) in [6.45, 7) is 2.87. The molecule has 1 aliphatic heterocycles. The Kier molecular flexibility index (Phi) is 3.74. The van der Waals surface area contributed by atoms with Crippen LogP contribution in [0.3, 0.4) is 0 Å². The highest BCUT2D eigenvalue weighted by Gasteiger charge is 2.41. The molecule has 0 aromatic carbocycles. The van der Waals surface area contributed by atoms with Crippen molar-refractivity contribution in [2.75, 3.05) is 6.61 Å². The van der Waals surface area contributed by atoms with E-state index in [4.69, 9.17) is 9.26 Å². The van der Waals surface area contributed by atoms with Crippen molar-refractivity contribution in [2.24, 2.45) is 11.8 Å². The number of carboxylic acid groups (broad SMARTS) is 1. The summed E-state index contributed by atoms with van der Waals surface area (Å²) in [5.41, 5.74) is 0. The number of rotatable bonds is 4. The van der Waals surface area contributed by atoms with Gasteiger partial charge in [-0.3, -0.25) is 4.79 Å². The van der Waals surface area contributed by atoms with Gasteiger partial charge in [0.05, 0.1) is 17.9 Å². The Morgan fingerprint density at radius 1 is 1.45 bits per heavy atom. The van der Waals surface area contributed by atoms with E-state index in [1.54, 1.807) is 0 Å². The van der Waals surface area contributed by atoms with Gasteiger partial charge in [0, 0.05) is 13.0 Å². The van der Waals surface area contributed by atoms with Crippen molar-refractivity contribution in [3.63, 3.8) is 0 Å². The minimum atomic E-state index is -0.766. The molecule has 2 fully saturated rings. The van der Waals surface area contributed by atoms with E-state index >= 15 is 0 Å². The third kappa shape index (κ3) is 2.70. The Bertz CT molecular complexity index is 481. The Hall–Kier alpha value is -1.43. The molecule has 0 spiro atoms. The normalized spacial score (nSPS) is 33.6. The molecule has 0 amide bonds. The van der Waals surface area contributed by atoms with Crippen LogP contribution in [0.5, 0.6) is 0 Å². The van der Waals surface area contributed by atoms with Crippen LogP contribution in [0.25, 0.3) is 0 Å². The molecule has 2 aliphatic rings. The summed E-state index contributed by atoms with van der Waals surface area (Å²) in [5.74, 6) is 0.187. The molecule has 1 aliphatic carbocycles. The van der Waals surface area contributed by atoms with Crippen molar-refractivity contribution in [1.82, 2.24) is 10.1 Å². The number of hydrogen-bond acceptors (Lipinski definition) is 5. The van der Waals surface area contributed by atoms with Crippen LogP contribution in [0.1, 0.15) is 50.2 Å². The summed E-state index contributed by atoms with van der Waals surface area (Å²) >= 11 is 0. The maximum Gasteiger partial charge on any atom is 0.307 e. The van der Waals surface area contributed by atoms with Crippen molar-refractivity contribution in [1.29, 1.82) is 0 Å². The van der Waals surface area contributed by atoms with Crippen molar-refractivity contribution in [3.8, 4) is 0 Å². The van der Waals surface area contributed by atoms with Crippen molar-refractivity contribution in [2.45, 2.75) is 51.0 Å². The zero-order valence-electron chi connectivity index (χ0n) is 11.6. The second kappa shape index (κ2) is 5.52. The first-order valence-corrected chi connectivity index (χ1v) is 7.30. The van der Waals surface area contributed by atoms with Gasteiger partial charge in [-0.15, -0.1) is 0 Å². The molecule has 20 heavy (non-hydrogen) atoms. The fourth-order valence-electron chi connectivity index (χ4n) is 3.35. The van der Waals surface area contributed by atoms with Crippen LogP contribution in [0.15, 0.2) is 4.52 Å². The van der Waals surface area contributed by atoms with E-state index < -0.39 is 11.9 Å². The highest BCUT2D eigenvalue weighted by Crippen LogP contribution is 2.42. The van der Waals surface area contributed by atoms with Crippen LogP contribution in [0.2, 0.25) is 0 Å². The van der Waals surface area contributed by atoms with Crippen LogP contribution < -0.4 is 0 Å². The molecule has 2 heterocycles. The third-order valence-corrected chi connectivity index (χ3v) is 4.35. The Labute approximate surface area is 117 Å². The fourth-order valence-corrected chi connectivity index (χ4v) is 3.35. The minimum Gasteiger partial charge on any atom is -0.481 e. The second-order valence-corrected chi connectivity index (χ2v) is 6.02. The van der Waals surface area contributed by atoms with Gasteiger partial charge < -0.3 is 14.4 Å². The number of aliphatic carboxylic acids is 1. The summed E-state index contributed by atoms with van der Waals surface area (Å²) in [6.07, 6.45) is 4.43. The average molecular weight is 280 g/mol. The van der Waals surface area contributed by atoms with Crippen LogP contribution in [-0.4, -0.2) is 33.9 Å². The lowest BCUT2D eigenvalue weighted by molar-refractivity contribution is -0.142. The van der Waals surface area contributed by atoms with Gasteiger partial charge in [0.15, 0.2) is 5.82 Å². The molecular formula is C14H20N2O4. The monoisotopic (exact) mass is 280 g/mol. The first-order chi connectivity index (χ1) is 9.63. The van der Waals surface area contributed by atoms with E-state index in [2.05, 4.69) is 17.1 Å². The summed E-state index contributed by atoms with van der Waals surface area (Å²) < 4.78 is 10.9. The van der Waals surface area contributed by atoms with E-state index in [0.717, 1.165) is 25.9 Å². The molecule has 1 aromatic heterocycles. The third-order valence-electron chi connectivity index (χ3n) is 4.35. The molecule has 6 nitrogen and oxygen atoms in total. The Balaban J connectivity index is 1.70. The molecule has 1 N–H and O–H groups in total. The molecule has 4 unspecified atom stereocenters. The molecule has 6 heteroatoms. The molecule has 1 saturated heterocycles. The second-order valence-electron chi connectivity index (χ2n) is 6.02. The van der Waals surface area contributed by atoms with Gasteiger partial charge in [0.1, 0.15) is 0 Å². The maximum absolute atomic E-state index is 11.3. The number of carbonyl (C=O) groups is 1. The number of nitrogens with zero attached hydrogens (tertiary/aromatic N) is 2. The fraction of sp³-hybridized carbons (Fsp3) is 0.786. The van der Waals surface area contributed by atoms with E-state index in [-0.39, 0.29) is 12.0 Å². The summed E-state index contributed by atoms with van der Waals surface area (Å²) in [5, 5.41) is 13.3. The standard InChI is InChI=1S/C14H20N2O4/c1-8-5-10(11(6-8)14(17)18)13-15-12(16-20-13)7-9-3-2-4-19-9/h8-11H,2-7H2,1H3,(H,17,18). The zero-order chi connectivity index (χ0) is 14.1. The molecular weight excluding hydrogens is 260 g/mol. The highest BCUT2D eigenvalue weighted by molar-refractivity contribution is 5.71. The molecule has 4 atom stereocenters. The van der Waals surface area contributed by atoms with Crippen LogP contribution in [-0.2, 0) is 16.0 Å². The molecule has 3 rings (SSSR count). The lowest BCUT2D eigenvalue weighted by Crippen LogP contribution is -2.17. The summed E-state index contributed by atoms with van der Waals surface area (Å²) in [7, 11) is 0. The summed E-state index contributed by atoms with van der Waals surface area (Å²) in [6, 6.07) is 0. The maximum atomic E-state index is 11.3. The number of carboxylic acids is 1. The largest absolute Gasteiger partial charge is 0.481 e. The molecule has 1 aromatic rings. The van der Waals surface area contributed by atoms with Gasteiger partial charge in [0.2, 0.25) is 5.89 Å². The first-order valence-electron chi connectivity index (χ1n) is 7.30. The molecule has 0 bridgehead atoms. The van der Waals surface area contributed by atoms with Crippen LogP contribution in [0, 0.1) is 11.8 Å². The van der Waals surface area contributed by atoms with Crippen molar-refractivity contribution >= 4 is 5.97 Å². The SMILES string of the molecule is CC1CC(C(=O)O)C(c2nc(CC3CCCO3)no2)C1. The zero-order valence-corrected chi connectivity index (χ0v) is 11.6. The quantitative estimate of drug-likeness (QED) is 0.908. The molecule has 0 radical (unpaired) electrons. The number of hydrogen-bond donors (Lipinski definition) is 1. The smallest absolute Gasteiger partial charge is 0.307 e. The van der Waals surface area contributed by atoms with Crippen LogP contribution >= 0.6 is 0 Å². The highest BCUT2D eigenvalue weighted by atomic mass is 16.5. The molecule has 110 valence electrons. The average Bonchev–Trinajstić information content (AvgIpc) is 3.09. The molecule has 1 saturated carbocycles. The van der Waals surface area contributed by atoms with Gasteiger partial charge >= 0.3 is 5.97 Å². The van der Waals surface area contributed by atoms with Gasteiger partial charge in [-0.1, -0.05) is 12.1 Å².